The average molecular weight is 274 g/mol. The topological polar surface area (TPSA) is 130 Å². The van der Waals surface area contributed by atoms with Crippen molar-refractivity contribution < 1.29 is 24.6 Å². The van der Waals surface area contributed by atoms with Gasteiger partial charge in [-0.15, -0.1) is 0 Å². The number of carbonyl (C=O) groups excluding carboxylic acids is 1. The van der Waals surface area contributed by atoms with Gasteiger partial charge < -0.3 is 21.3 Å². The van der Waals surface area contributed by atoms with Gasteiger partial charge in [0.2, 0.25) is 5.91 Å². The molecule has 0 rings (SSSR count). The molecule has 0 bridgehead atoms. The molecule has 0 saturated carbocycles. The number of amides is 1. The predicted octanol–water partition coefficient (Wildman–Crippen LogP) is 0.0416. The Morgan fingerprint density at radius 1 is 1.11 bits per heavy atom. The molecule has 19 heavy (non-hydrogen) atoms. The van der Waals surface area contributed by atoms with Gasteiger partial charge >= 0.3 is 11.9 Å². The first-order chi connectivity index (χ1) is 8.72. The van der Waals surface area contributed by atoms with Gasteiger partial charge in [0, 0.05) is 13.0 Å². The number of carboxylic acid groups (broad SMARTS) is 2. The molecule has 0 aliphatic rings. The Labute approximate surface area is 112 Å². The van der Waals surface area contributed by atoms with Crippen LogP contribution < -0.4 is 11.1 Å². The molecule has 0 heterocycles. The number of hydrogen-bond acceptors (Lipinski definition) is 4. The van der Waals surface area contributed by atoms with E-state index in [9.17, 15) is 14.4 Å². The molecular weight excluding hydrogens is 252 g/mol. The van der Waals surface area contributed by atoms with E-state index < -0.39 is 30.3 Å². The molecule has 0 radical (unpaired) electrons. The summed E-state index contributed by atoms with van der Waals surface area (Å²) in [7, 11) is 0. The van der Waals surface area contributed by atoms with Crippen molar-refractivity contribution in [1.82, 2.24) is 5.32 Å². The zero-order chi connectivity index (χ0) is 15.0. The summed E-state index contributed by atoms with van der Waals surface area (Å²) in [5.41, 5.74) is 5.40. The maximum Gasteiger partial charge on any atom is 0.305 e. The molecule has 1 amide bonds. The van der Waals surface area contributed by atoms with Crippen LogP contribution in [0.2, 0.25) is 0 Å². The SMILES string of the molecule is CC(C)C[C@H](CNC(=O)C(N)CC(=O)O)CC(=O)O. The smallest absolute Gasteiger partial charge is 0.305 e. The summed E-state index contributed by atoms with van der Waals surface area (Å²) in [5, 5.41) is 19.8. The summed E-state index contributed by atoms with van der Waals surface area (Å²) in [6.07, 6.45) is 0.187. The van der Waals surface area contributed by atoms with Crippen molar-refractivity contribution in [3.05, 3.63) is 0 Å². The molecule has 7 heteroatoms. The Balaban J connectivity index is 4.25. The van der Waals surface area contributed by atoms with Crippen LogP contribution in [0, 0.1) is 11.8 Å². The van der Waals surface area contributed by atoms with Gasteiger partial charge in [0.05, 0.1) is 12.5 Å². The molecule has 1 unspecified atom stereocenters. The predicted molar refractivity (Wildman–Crippen MR) is 68.4 cm³/mol. The minimum Gasteiger partial charge on any atom is -0.481 e. The lowest BCUT2D eigenvalue weighted by molar-refractivity contribution is -0.139. The third kappa shape index (κ3) is 9.01. The number of carbonyl (C=O) groups is 3. The molecule has 0 fully saturated rings. The zero-order valence-electron chi connectivity index (χ0n) is 11.3. The maximum absolute atomic E-state index is 11.5. The van der Waals surface area contributed by atoms with Crippen LogP contribution in [-0.4, -0.2) is 40.6 Å². The molecule has 7 nitrogen and oxygen atoms in total. The van der Waals surface area contributed by atoms with Crippen LogP contribution in [0.5, 0.6) is 0 Å². The number of aliphatic carboxylic acids is 2. The van der Waals surface area contributed by atoms with Crippen LogP contribution in [-0.2, 0) is 14.4 Å². The van der Waals surface area contributed by atoms with E-state index in [1.54, 1.807) is 0 Å². The average Bonchev–Trinajstić information content (AvgIpc) is 2.22. The highest BCUT2D eigenvalue weighted by molar-refractivity contribution is 5.85. The van der Waals surface area contributed by atoms with Crippen LogP contribution in [0.15, 0.2) is 0 Å². The van der Waals surface area contributed by atoms with E-state index in [1.165, 1.54) is 0 Å². The van der Waals surface area contributed by atoms with Gasteiger partial charge in [-0.2, -0.15) is 0 Å². The van der Waals surface area contributed by atoms with E-state index in [0.29, 0.717) is 12.3 Å². The standard InChI is InChI=1S/C12H22N2O5/c1-7(2)3-8(4-10(15)16)6-14-12(19)9(13)5-11(17)18/h7-9H,3-6,13H2,1-2H3,(H,14,19)(H,15,16)(H,17,18)/t8-,9?/m0/s1. The van der Waals surface area contributed by atoms with Crippen molar-refractivity contribution >= 4 is 17.8 Å². The second kappa shape index (κ2) is 8.47. The highest BCUT2D eigenvalue weighted by atomic mass is 16.4. The lowest BCUT2D eigenvalue weighted by Crippen LogP contribution is -2.43. The van der Waals surface area contributed by atoms with Crippen LogP contribution in [0.3, 0.4) is 0 Å². The fraction of sp³-hybridized carbons (Fsp3) is 0.750. The Morgan fingerprint density at radius 2 is 1.63 bits per heavy atom. The van der Waals surface area contributed by atoms with Crippen LogP contribution in [0.4, 0.5) is 0 Å². The molecule has 0 saturated heterocycles. The van der Waals surface area contributed by atoms with Gasteiger partial charge in [-0.05, 0) is 18.3 Å². The number of rotatable bonds is 9. The van der Waals surface area contributed by atoms with Crippen molar-refractivity contribution in [3.63, 3.8) is 0 Å². The minimum absolute atomic E-state index is 0.0351. The first-order valence-corrected chi connectivity index (χ1v) is 6.19. The van der Waals surface area contributed by atoms with Crippen molar-refractivity contribution in [2.45, 2.75) is 39.2 Å². The summed E-state index contributed by atoms with van der Waals surface area (Å²) in [4.78, 5) is 32.6. The summed E-state index contributed by atoms with van der Waals surface area (Å²) in [5.74, 6) is -2.50. The number of carboxylic acids is 2. The molecule has 5 N–H and O–H groups in total. The monoisotopic (exact) mass is 274 g/mol. The first kappa shape index (κ1) is 17.4. The Bertz CT molecular complexity index is 330. The van der Waals surface area contributed by atoms with E-state index in [4.69, 9.17) is 15.9 Å². The number of nitrogens with two attached hydrogens (primary N) is 1. The van der Waals surface area contributed by atoms with E-state index in [2.05, 4.69) is 5.32 Å². The summed E-state index contributed by atoms with van der Waals surface area (Å²) >= 11 is 0. The van der Waals surface area contributed by atoms with Crippen molar-refractivity contribution in [2.24, 2.45) is 17.6 Å². The zero-order valence-corrected chi connectivity index (χ0v) is 11.3. The third-order valence-electron chi connectivity index (χ3n) is 2.56. The molecule has 0 aromatic rings. The molecular formula is C12H22N2O5. The summed E-state index contributed by atoms with van der Waals surface area (Å²) in [6.45, 7) is 4.12. The second-order valence-electron chi connectivity index (χ2n) is 5.04. The second-order valence-corrected chi connectivity index (χ2v) is 5.04. The number of nitrogens with one attached hydrogen (secondary N) is 1. The van der Waals surface area contributed by atoms with Crippen LogP contribution >= 0.6 is 0 Å². The fourth-order valence-electron chi connectivity index (χ4n) is 1.81. The minimum atomic E-state index is -1.15. The lowest BCUT2D eigenvalue weighted by Gasteiger charge is -2.19. The van der Waals surface area contributed by atoms with E-state index in [-0.39, 0.29) is 18.9 Å². The third-order valence-corrected chi connectivity index (χ3v) is 2.56. The molecule has 0 aliphatic heterocycles. The highest BCUT2D eigenvalue weighted by Gasteiger charge is 2.20. The van der Waals surface area contributed by atoms with Gasteiger partial charge in [0.1, 0.15) is 0 Å². The van der Waals surface area contributed by atoms with Gasteiger partial charge in [-0.25, -0.2) is 0 Å². The molecule has 0 aromatic heterocycles. The van der Waals surface area contributed by atoms with E-state index >= 15 is 0 Å². The van der Waals surface area contributed by atoms with Crippen molar-refractivity contribution in [3.8, 4) is 0 Å². The Hall–Kier alpha value is -1.63. The quantitative estimate of drug-likeness (QED) is 0.469. The maximum atomic E-state index is 11.5. The van der Waals surface area contributed by atoms with Crippen molar-refractivity contribution in [2.75, 3.05) is 6.54 Å². The van der Waals surface area contributed by atoms with Gasteiger partial charge in [0.15, 0.2) is 0 Å². The molecule has 2 atom stereocenters. The lowest BCUT2D eigenvalue weighted by atomic mass is 9.94. The largest absolute Gasteiger partial charge is 0.481 e. The summed E-state index contributed by atoms with van der Waals surface area (Å²) in [6, 6.07) is -1.11. The Kier molecular flexibility index (Phi) is 7.74. The first-order valence-electron chi connectivity index (χ1n) is 6.19. The van der Waals surface area contributed by atoms with Gasteiger partial charge in [-0.1, -0.05) is 13.8 Å². The highest BCUT2D eigenvalue weighted by Crippen LogP contribution is 2.14. The molecule has 0 aliphatic carbocycles. The van der Waals surface area contributed by atoms with Crippen LogP contribution in [0.1, 0.15) is 33.1 Å². The fourth-order valence-corrected chi connectivity index (χ4v) is 1.81. The van der Waals surface area contributed by atoms with Gasteiger partial charge in [-0.3, -0.25) is 14.4 Å². The van der Waals surface area contributed by atoms with E-state index in [0.717, 1.165) is 0 Å². The number of hydrogen-bond donors (Lipinski definition) is 4. The Morgan fingerprint density at radius 3 is 2.05 bits per heavy atom. The van der Waals surface area contributed by atoms with E-state index in [1.807, 2.05) is 13.8 Å². The summed E-state index contributed by atoms with van der Waals surface area (Å²) < 4.78 is 0. The van der Waals surface area contributed by atoms with Gasteiger partial charge in [0.25, 0.3) is 0 Å². The van der Waals surface area contributed by atoms with Crippen LogP contribution in [0.25, 0.3) is 0 Å². The molecule has 110 valence electrons. The normalized spacial score (nSPS) is 13.9. The van der Waals surface area contributed by atoms with Crippen molar-refractivity contribution in [1.29, 1.82) is 0 Å². The molecule has 0 aromatic carbocycles. The molecule has 0 spiro atoms.